The zero-order chi connectivity index (χ0) is 49.1. The predicted octanol–water partition coefficient (Wildman–Crippen LogP) is 4.24. The summed E-state index contributed by atoms with van der Waals surface area (Å²) in [5.41, 5.74) is 14.4. The van der Waals surface area contributed by atoms with Gasteiger partial charge in [-0.3, -0.25) is 38.6 Å². The van der Waals surface area contributed by atoms with E-state index in [4.69, 9.17) is 11.5 Å². The molecule has 16 nitrogen and oxygen atoms in total. The summed E-state index contributed by atoms with van der Waals surface area (Å²) in [4.78, 5) is 107. The molecule has 2 fully saturated rings. The van der Waals surface area contributed by atoms with Gasteiger partial charge in [0.15, 0.2) is 17.5 Å². The summed E-state index contributed by atoms with van der Waals surface area (Å²) in [5.74, 6) is -4.91. The topological polar surface area (TPSA) is 260 Å². The molecule has 10 N–H and O–H groups in total. The SMILES string of the molecule is CC(=O)N[C@@H](Cc1ccccc1)C(=O)N[C@H]1CCCNC(=O)[C@H](CCCN=C(N)N)CC(=O)[C@H](Cc2c[nH]c3ccccc23)NC(=O)[C@@H](CC2CCCCC2)NC(=O)[C@H](Cc2ccccc2)CC1=O. The minimum absolute atomic E-state index is 0.0934. The van der Waals surface area contributed by atoms with E-state index in [9.17, 15) is 33.6 Å². The fourth-order valence-corrected chi connectivity index (χ4v) is 9.67. The van der Waals surface area contributed by atoms with E-state index < -0.39 is 71.3 Å². The number of nitrogens with two attached hydrogens (primary N) is 2. The van der Waals surface area contributed by atoms with Crippen molar-refractivity contribution in [1.82, 2.24) is 31.6 Å². The Morgan fingerprint density at radius 3 is 2.10 bits per heavy atom. The van der Waals surface area contributed by atoms with Crippen LogP contribution in [0.2, 0.25) is 0 Å². The summed E-state index contributed by atoms with van der Waals surface area (Å²) in [6.45, 7) is 1.65. The van der Waals surface area contributed by atoms with Crippen LogP contribution < -0.4 is 38.1 Å². The zero-order valence-corrected chi connectivity index (χ0v) is 39.7. The highest BCUT2D eigenvalue weighted by molar-refractivity contribution is 5.98. The lowest BCUT2D eigenvalue weighted by atomic mass is 9.84. The first kappa shape index (κ1) is 51.5. The molecule has 6 rings (SSSR count). The number of nitrogens with zero attached hydrogens (tertiary/aromatic N) is 1. The fourth-order valence-electron chi connectivity index (χ4n) is 9.67. The molecule has 2 aliphatic rings. The van der Waals surface area contributed by atoms with Crippen LogP contribution in [0.1, 0.15) is 101 Å². The Morgan fingerprint density at radius 1 is 0.725 bits per heavy atom. The second-order valence-electron chi connectivity index (χ2n) is 18.7. The van der Waals surface area contributed by atoms with Gasteiger partial charge in [-0.15, -0.1) is 0 Å². The summed E-state index contributed by atoms with van der Waals surface area (Å²) in [5, 5.41) is 15.6. The lowest BCUT2D eigenvalue weighted by molar-refractivity contribution is -0.136. The summed E-state index contributed by atoms with van der Waals surface area (Å²) in [6.07, 6.45) is 7.95. The first-order valence-corrected chi connectivity index (χ1v) is 24.5. The van der Waals surface area contributed by atoms with Gasteiger partial charge in [0.1, 0.15) is 12.1 Å². The number of benzene rings is 3. The molecule has 1 aliphatic heterocycles. The molecule has 5 amide bonds. The molecular formula is C53H69N9O7. The highest BCUT2D eigenvalue weighted by Crippen LogP contribution is 2.29. The van der Waals surface area contributed by atoms with Crippen molar-refractivity contribution in [2.45, 2.75) is 127 Å². The number of Topliss-reactive ketones (excluding diaryl/α,β-unsaturated/α-hetero) is 2. The molecule has 1 saturated carbocycles. The van der Waals surface area contributed by atoms with Gasteiger partial charge in [0, 0.05) is 74.6 Å². The number of aromatic nitrogens is 1. The van der Waals surface area contributed by atoms with Crippen LogP contribution in [0.4, 0.5) is 0 Å². The number of nitrogens with one attached hydrogen (secondary N) is 6. The van der Waals surface area contributed by atoms with E-state index in [0.717, 1.165) is 59.7 Å². The van der Waals surface area contributed by atoms with E-state index in [1.165, 1.54) is 6.92 Å². The van der Waals surface area contributed by atoms with Crippen LogP contribution >= 0.6 is 0 Å². The first-order valence-electron chi connectivity index (χ1n) is 24.5. The third-order valence-electron chi connectivity index (χ3n) is 13.3. The van der Waals surface area contributed by atoms with E-state index >= 15 is 0 Å². The van der Waals surface area contributed by atoms with E-state index in [2.05, 4.69) is 36.6 Å². The predicted molar refractivity (Wildman–Crippen MR) is 265 cm³/mol. The number of fused-ring (bicyclic) bond motifs is 1. The number of para-hydroxylation sites is 1. The lowest BCUT2D eigenvalue weighted by Crippen LogP contribution is -2.55. The van der Waals surface area contributed by atoms with Gasteiger partial charge < -0.3 is 43.0 Å². The zero-order valence-electron chi connectivity index (χ0n) is 39.7. The Hall–Kier alpha value is -6.84. The van der Waals surface area contributed by atoms with Gasteiger partial charge in [-0.25, -0.2) is 0 Å². The van der Waals surface area contributed by atoms with Crippen molar-refractivity contribution in [3.63, 3.8) is 0 Å². The highest BCUT2D eigenvalue weighted by Gasteiger charge is 2.36. The van der Waals surface area contributed by atoms with Gasteiger partial charge in [-0.2, -0.15) is 0 Å². The fraction of sp³-hybridized carbons (Fsp3) is 0.472. The monoisotopic (exact) mass is 944 g/mol. The van der Waals surface area contributed by atoms with Crippen molar-refractivity contribution in [2.24, 2.45) is 34.2 Å². The van der Waals surface area contributed by atoms with E-state index in [1.54, 1.807) is 0 Å². The number of guanidine groups is 1. The van der Waals surface area contributed by atoms with Crippen molar-refractivity contribution < 1.29 is 33.6 Å². The maximum Gasteiger partial charge on any atom is 0.243 e. The molecule has 3 aromatic carbocycles. The molecule has 1 aromatic heterocycles. The Balaban J connectivity index is 1.35. The minimum atomic E-state index is -1.10. The molecule has 69 heavy (non-hydrogen) atoms. The Kier molecular flexibility index (Phi) is 19.5. The Morgan fingerprint density at radius 2 is 1.39 bits per heavy atom. The van der Waals surface area contributed by atoms with E-state index in [1.807, 2.05) is 91.1 Å². The van der Waals surface area contributed by atoms with Gasteiger partial charge in [0.05, 0.1) is 12.1 Å². The third kappa shape index (κ3) is 16.1. The first-order chi connectivity index (χ1) is 33.3. The van der Waals surface area contributed by atoms with Gasteiger partial charge in [-0.05, 0) is 67.2 Å². The van der Waals surface area contributed by atoms with Crippen molar-refractivity contribution in [1.29, 1.82) is 0 Å². The number of aromatic amines is 1. The molecule has 0 bridgehead atoms. The van der Waals surface area contributed by atoms with Crippen LogP contribution in [0.15, 0.2) is 96.1 Å². The maximum absolute atomic E-state index is 14.8. The molecule has 0 radical (unpaired) electrons. The molecule has 0 spiro atoms. The maximum atomic E-state index is 14.8. The van der Waals surface area contributed by atoms with Crippen molar-refractivity contribution in [3.8, 4) is 0 Å². The largest absolute Gasteiger partial charge is 0.370 e. The van der Waals surface area contributed by atoms with Crippen molar-refractivity contribution in [2.75, 3.05) is 13.1 Å². The molecule has 368 valence electrons. The summed E-state index contributed by atoms with van der Waals surface area (Å²) >= 11 is 0. The number of aliphatic imine (C=N–C) groups is 1. The average molecular weight is 944 g/mol. The van der Waals surface area contributed by atoms with Gasteiger partial charge >= 0.3 is 0 Å². The van der Waals surface area contributed by atoms with Crippen LogP contribution in [0.3, 0.4) is 0 Å². The van der Waals surface area contributed by atoms with E-state index in [0.29, 0.717) is 12.8 Å². The Bertz CT molecular complexity index is 2400. The average Bonchev–Trinajstić information content (AvgIpc) is 3.75. The number of carbonyl (C=O) groups is 7. The molecule has 2 heterocycles. The normalized spacial score (nSPS) is 22.0. The lowest BCUT2D eigenvalue weighted by Gasteiger charge is -2.30. The second kappa shape index (κ2) is 26.1. The number of hydrogen-bond donors (Lipinski definition) is 8. The van der Waals surface area contributed by atoms with Crippen LogP contribution in [0.25, 0.3) is 10.9 Å². The number of carbonyl (C=O) groups excluding carboxylic acids is 7. The Labute approximate surface area is 404 Å². The number of hydrogen-bond acceptors (Lipinski definition) is 8. The standard InChI is InChI=1S/C53H69N9O7/c1-34(63)59-45(28-36-17-7-3-8-18-36)51(68)60-43-24-14-25-56-49(66)38(21-13-26-57-53(54)55)31-48(65)44(30-40-33-58-42-23-12-11-22-41(40)42)61-52(69)46(29-37-19-9-4-10-20-37)62-50(67)39(32-47(43)64)27-35-15-5-2-6-16-35/h2-3,5-8,11-12,15-18,22-23,33,37-39,43-46,58H,4,9-10,13-14,19-21,24-32H2,1H3,(H,56,66)(H,59,63)(H,60,68)(H,61,69)(H,62,67)(H4,54,55,57)/t38-,39-,43+,44+,45+,46-/m1/s1. The number of rotatable bonds is 15. The molecule has 16 heteroatoms. The van der Waals surface area contributed by atoms with Crippen LogP contribution in [-0.2, 0) is 52.8 Å². The number of H-pyrrole nitrogens is 1. The second-order valence-corrected chi connectivity index (χ2v) is 18.7. The van der Waals surface area contributed by atoms with Crippen LogP contribution in [-0.4, -0.2) is 89.3 Å². The number of amides is 5. The smallest absolute Gasteiger partial charge is 0.243 e. The molecule has 4 aromatic rings. The minimum Gasteiger partial charge on any atom is -0.370 e. The molecule has 6 atom stereocenters. The summed E-state index contributed by atoms with van der Waals surface area (Å²) in [6, 6.07) is 21.9. The molecule has 0 unspecified atom stereocenters. The molecule has 1 saturated heterocycles. The summed E-state index contributed by atoms with van der Waals surface area (Å²) < 4.78 is 0. The van der Waals surface area contributed by atoms with Crippen molar-refractivity contribution >= 4 is 58.0 Å². The van der Waals surface area contributed by atoms with Crippen LogP contribution in [0, 0.1) is 17.8 Å². The molecular weight excluding hydrogens is 875 g/mol. The molecule has 1 aliphatic carbocycles. The van der Waals surface area contributed by atoms with Gasteiger partial charge in [-0.1, -0.05) is 111 Å². The highest BCUT2D eigenvalue weighted by atomic mass is 16.2. The van der Waals surface area contributed by atoms with Gasteiger partial charge in [0.2, 0.25) is 29.5 Å². The number of ketones is 2. The third-order valence-corrected chi connectivity index (χ3v) is 13.3. The quantitative estimate of drug-likeness (QED) is 0.0481. The van der Waals surface area contributed by atoms with Crippen molar-refractivity contribution in [3.05, 3.63) is 108 Å². The summed E-state index contributed by atoms with van der Waals surface area (Å²) in [7, 11) is 0. The van der Waals surface area contributed by atoms with E-state index in [-0.39, 0.29) is 82.1 Å². The van der Waals surface area contributed by atoms with Gasteiger partial charge in [0.25, 0.3) is 0 Å². The van der Waals surface area contributed by atoms with Crippen LogP contribution in [0.5, 0.6) is 0 Å².